The molecule has 4 atom stereocenters. The topological polar surface area (TPSA) is 122 Å². The normalized spacial score (nSPS) is 19.8. The number of anilines is 1. The maximum atomic E-state index is 11.6. The van der Waals surface area contributed by atoms with Gasteiger partial charge in [-0.25, -0.2) is 15.0 Å². The number of aryl methyl sites for hydroxylation is 2. The Balaban J connectivity index is 0.000000164. The predicted octanol–water partition coefficient (Wildman–Crippen LogP) is 7.56. The van der Waals surface area contributed by atoms with E-state index in [4.69, 9.17) is 14.5 Å². The second kappa shape index (κ2) is 16.5. The zero-order valence-electron chi connectivity index (χ0n) is 32.3. The molecule has 3 aliphatic heterocycles. The maximum absolute atomic E-state index is 11.6. The van der Waals surface area contributed by atoms with Gasteiger partial charge in [0.15, 0.2) is 0 Å². The van der Waals surface area contributed by atoms with Crippen molar-refractivity contribution in [1.29, 1.82) is 0 Å². The number of carbonyl (C=O) groups is 2. The molecule has 3 aromatic carbocycles. The van der Waals surface area contributed by atoms with Crippen LogP contribution in [0.15, 0.2) is 59.4 Å². The highest BCUT2D eigenvalue weighted by Gasteiger charge is 2.30. The summed E-state index contributed by atoms with van der Waals surface area (Å²) in [7, 11) is 2.18. The van der Waals surface area contributed by atoms with E-state index in [1.807, 2.05) is 37.7 Å². The summed E-state index contributed by atoms with van der Waals surface area (Å²) in [6.07, 6.45) is 0.965. The summed E-state index contributed by atoms with van der Waals surface area (Å²) in [4.78, 5) is 41.7. The Morgan fingerprint density at radius 1 is 0.732 bits per heavy atom. The molecule has 9 rings (SSSR count). The molecule has 0 aliphatic carbocycles. The summed E-state index contributed by atoms with van der Waals surface area (Å²) >= 11 is 4.86. The Morgan fingerprint density at radius 3 is 1.77 bits per heavy atom. The first-order valence-electron chi connectivity index (χ1n) is 19.2. The third kappa shape index (κ3) is 8.53. The third-order valence-electron chi connectivity index (χ3n) is 10.9. The van der Waals surface area contributed by atoms with E-state index in [0.717, 1.165) is 90.5 Å². The first-order chi connectivity index (χ1) is 27.1. The van der Waals surface area contributed by atoms with Crippen molar-refractivity contribution in [2.45, 2.75) is 52.7 Å². The van der Waals surface area contributed by atoms with Gasteiger partial charge >= 0.3 is 0 Å². The Kier molecular flexibility index (Phi) is 11.2. The molecule has 14 heteroatoms. The number of nitrogens with zero attached hydrogens (tertiary/aromatic N) is 5. The van der Waals surface area contributed by atoms with E-state index in [2.05, 4.69) is 86.8 Å². The van der Waals surface area contributed by atoms with Crippen molar-refractivity contribution < 1.29 is 19.1 Å². The van der Waals surface area contributed by atoms with E-state index in [0.29, 0.717) is 25.9 Å². The minimum atomic E-state index is -0.0468. The van der Waals surface area contributed by atoms with Crippen molar-refractivity contribution in [3.05, 3.63) is 69.4 Å². The van der Waals surface area contributed by atoms with Crippen LogP contribution in [0, 0.1) is 25.7 Å². The highest BCUT2D eigenvalue weighted by molar-refractivity contribution is 7.19. The van der Waals surface area contributed by atoms with E-state index in [1.165, 1.54) is 5.69 Å². The molecule has 3 saturated heterocycles. The van der Waals surface area contributed by atoms with Crippen molar-refractivity contribution >= 4 is 71.9 Å². The van der Waals surface area contributed by atoms with Crippen molar-refractivity contribution in [2.24, 2.45) is 11.8 Å². The largest absolute Gasteiger partial charge is 0.489 e. The molecule has 56 heavy (non-hydrogen) atoms. The number of benzene rings is 3. The molecule has 3 fully saturated rings. The molecule has 3 aromatic heterocycles. The molecule has 0 saturated carbocycles. The number of fused-ring (bicyclic) bond motifs is 2. The lowest BCUT2D eigenvalue weighted by Crippen LogP contribution is -2.44. The van der Waals surface area contributed by atoms with Gasteiger partial charge in [-0.3, -0.25) is 9.59 Å². The molecule has 6 heterocycles. The van der Waals surface area contributed by atoms with Gasteiger partial charge in [-0.1, -0.05) is 12.1 Å². The van der Waals surface area contributed by atoms with Crippen molar-refractivity contribution in [2.75, 3.05) is 51.2 Å². The molecule has 11 nitrogen and oxygen atoms in total. The quantitative estimate of drug-likeness (QED) is 0.153. The van der Waals surface area contributed by atoms with E-state index < -0.39 is 0 Å². The first-order valence-corrected chi connectivity index (χ1v) is 21.8. The van der Waals surface area contributed by atoms with Crippen LogP contribution >= 0.6 is 34.0 Å². The molecule has 0 bridgehead atoms. The SMILES string of the molecule is Cc1nc2cc(-c3ccc(N4CCN(C)CC4)cc3)cc(O[C@H](C)[C@H]3CNC(=O)C3)c2s1.Cc1nc2cc(-c3cscn3)cc(O[C@H](C)[C@H]3CNC(=O)C3)c2s1. The molecule has 0 radical (unpaired) electrons. The fourth-order valence-electron chi connectivity index (χ4n) is 7.51. The van der Waals surface area contributed by atoms with Gasteiger partial charge in [0.05, 0.1) is 41.7 Å². The molecule has 3 aliphatic rings. The Morgan fingerprint density at radius 2 is 1.27 bits per heavy atom. The van der Waals surface area contributed by atoms with Crippen LogP contribution in [0.5, 0.6) is 11.5 Å². The summed E-state index contributed by atoms with van der Waals surface area (Å²) in [5.74, 6) is 2.29. The van der Waals surface area contributed by atoms with E-state index in [1.54, 1.807) is 34.0 Å². The zero-order valence-corrected chi connectivity index (χ0v) is 34.8. The van der Waals surface area contributed by atoms with Gasteiger partial charge in [-0.05, 0) is 82.3 Å². The number of ether oxygens (including phenoxy) is 2. The van der Waals surface area contributed by atoms with E-state index >= 15 is 0 Å². The van der Waals surface area contributed by atoms with Crippen molar-refractivity contribution in [1.82, 2.24) is 30.5 Å². The second-order valence-electron chi connectivity index (χ2n) is 15.0. The van der Waals surface area contributed by atoms with Crippen LogP contribution in [-0.4, -0.2) is 90.2 Å². The highest BCUT2D eigenvalue weighted by Crippen LogP contribution is 2.39. The van der Waals surface area contributed by atoms with Crippen molar-refractivity contribution in [3.63, 3.8) is 0 Å². The summed E-state index contributed by atoms with van der Waals surface area (Å²) in [5, 5.41) is 9.84. The molecular formula is C42H47N7O4S3. The standard InChI is InChI=1S/C25H30N4O2S.C17H17N3O2S2/c1-16(20-14-24(30)26-15-20)31-23-13-19(12-22-25(23)32-17(2)27-22)18-4-6-21(7-5-18)29-10-8-28(3)9-11-29;1-9(12-5-16(21)18-6-12)22-15-4-11(14-7-23-8-19-14)3-13-17(15)24-10(2)20-13/h4-7,12-13,16,20H,8-11,14-15H2,1-3H3,(H,26,30);3-4,7-9,12H,5-6H2,1-2H3,(H,18,21)/t16-,20-;9-,12-/m11/s1. The fourth-order valence-corrected chi connectivity index (χ4v) is 9.79. The Hall–Kier alpha value is -4.63. The van der Waals surface area contributed by atoms with Gasteiger partial charge in [0.1, 0.15) is 23.7 Å². The molecule has 292 valence electrons. The zero-order chi connectivity index (χ0) is 38.9. The Bertz CT molecular complexity index is 2330. The average molecular weight is 810 g/mol. The molecule has 6 aromatic rings. The molecule has 2 N–H and O–H groups in total. The lowest BCUT2D eigenvalue weighted by Gasteiger charge is -2.34. The monoisotopic (exact) mass is 809 g/mol. The second-order valence-corrected chi connectivity index (χ2v) is 18.1. The predicted molar refractivity (Wildman–Crippen MR) is 227 cm³/mol. The van der Waals surface area contributed by atoms with Gasteiger partial charge in [0.25, 0.3) is 0 Å². The lowest BCUT2D eigenvalue weighted by molar-refractivity contribution is -0.120. The minimum absolute atomic E-state index is 0.0414. The number of thiazole rings is 3. The number of amides is 2. The van der Waals surface area contributed by atoms with Crippen LogP contribution in [0.3, 0.4) is 0 Å². The highest BCUT2D eigenvalue weighted by atomic mass is 32.1. The number of rotatable bonds is 9. The molecule has 0 spiro atoms. The summed E-state index contributed by atoms with van der Waals surface area (Å²) in [5.41, 5.74) is 9.21. The van der Waals surface area contributed by atoms with Crippen LogP contribution in [0.1, 0.15) is 36.7 Å². The Labute approximate surface area is 339 Å². The summed E-state index contributed by atoms with van der Waals surface area (Å²) < 4.78 is 14.8. The van der Waals surface area contributed by atoms with Crippen LogP contribution < -0.4 is 25.0 Å². The fraction of sp³-hybridized carbons (Fsp3) is 0.405. The smallest absolute Gasteiger partial charge is 0.220 e. The van der Waals surface area contributed by atoms with Gasteiger partial charge in [-0.2, -0.15) is 0 Å². The van der Waals surface area contributed by atoms with Crippen LogP contribution in [0.4, 0.5) is 5.69 Å². The number of piperazine rings is 1. The van der Waals surface area contributed by atoms with Gasteiger partial charge in [0, 0.05) is 80.6 Å². The number of carbonyl (C=O) groups excluding carboxylic acids is 2. The number of likely N-dealkylation sites (N-methyl/N-ethyl adjacent to an activating group) is 1. The van der Waals surface area contributed by atoms with Crippen LogP contribution in [0.25, 0.3) is 42.8 Å². The lowest BCUT2D eigenvalue weighted by atomic mass is 10.0. The molecule has 2 amide bonds. The molecule has 0 unspecified atom stereocenters. The maximum Gasteiger partial charge on any atom is 0.220 e. The van der Waals surface area contributed by atoms with Crippen LogP contribution in [0.2, 0.25) is 0 Å². The van der Waals surface area contributed by atoms with Crippen molar-refractivity contribution in [3.8, 4) is 33.9 Å². The van der Waals surface area contributed by atoms with E-state index in [-0.39, 0.29) is 35.9 Å². The first kappa shape index (κ1) is 38.3. The average Bonchev–Trinajstić information content (AvgIpc) is 4.04. The molecular weight excluding hydrogens is 763 g/mol. The summed E-state index contributed by atoms with van der Waals surface area (Å²) in [6, 6.07) is 17.2. The number of nitrogens with one attached hydrogen (secondary N) is 2. The third-order valence-corrected chi connectivity index (χ3v) is 13.5. The van der Waals surface area contributed by atoms with Gasteiger partial charge in [-0.15, -0.1) is 34.0 Å². The van der Waals surface area contributed by atoms with Gasteiger partial charge < -0.3 is 29.9 Å². The number of aromatic nitrogens is 3. The number of hydrogen-bond donors (Lipinski definition) is 2. The van der Waals surface area contributed by atoms with E-state index in [9.17, 15) is 9.59 Å². The number of hydrogen-bond acceptors (Lipinski definition) is 12. The van der Waals surface area contributed by atoms with Crippen LogP contribution in [-0.2, 0) is 9.59 Å². The van der Waals surface area contributed by atoms with Gasteiger partial charge in [0.2, 0.25) is 11.8 Å². The minimum Gasteiger partial charge on any atom is -0.489 e. The summed E-state index contributed by atoms with van der Waals surface area (Å²) in [6.45, 7) is 13.8.